The van der Waals surface area contributed by atoms with E-state index >= 15 is 0 Å². The molecular weight excluding hydrogens is 344 g/mol. The average molecular weight is 395 g/mol. The molecule has 0 aromatic rings. The van der Waals surface area contributed by atoms with E-state index in [4.69, 9.17) is 11.7 Å². The Balaban J connectivity index is 1.67. The number of unbranched alkanes of at least 4 members (excludes halogenated alkanes) is 3. The second-order valence-corrected chi connectivity index (χ2v) is 12.5. The van der Waals surface area contributed by atoms with Crippen LogP contribution in [0.5, 0.6) is 0 Å². The lowest BCUT2D eigenvalue weighted by Crippen LogP contribution is -2.63. The van der Waals surface area contributed by atoms with E-state index in [1.54, 1.807) is 0 Å². The van der Waals surface area contributed by atoms with E-state index < -0.39 is 0 Å². The largest absolute Gasteiger partial charge is 0.268 e. The summed E-state index contributed by atoms with van der Waals surface area (Å²) in [7, 11) is 0. The van der Waals surface area contributed by atoms with Crippen molar-refractivity contribution in [1.29, 1.82) is 0 Å². The fraction of sp³-hybridized carbons (Fsp3) is 1.00. The summed E-state index contributed by atoms with van der Waals surface area (Å²) in [5, 5.41) is 4.21. The molecule has 2 fully saturated rings. The molecule has 0 aromatic heterocycles. The molecule has 0 amide bonds. The van der Waals surface area contributed by atoms with E-state index in [-0.39, 0.29) is 22.2 Å². The summed E-state index contributed by atoms with van der Waals surface area (Å²) in [5.74, 6) is 14.4. The lowest BCUT2D eigenvalue weighted by atomic mass is 9.73. The molecule has 4 heteroatoms. The molecule has 28 heavy (non-hydrogen) atoms. The van der Waals surface area contributed by atoms with Gasteiger partial charge < -0.3 is 0 Å². The van der Waals surface area contributed by atoms with Crippen molar-refractivity contribution in [3.05, 3.63) is 0 Å². The quantitative estimate of drug-likeness (QED) is 0.435. The van der Waals surface area contributed by atoms with E-state index in [1.807, 2.05) is 0 Å². The van der Waals surface area contributed by atoms with Gasteiger partial charge in [-0.1, -0.05) is 38.5 Å². The van der Waals surface area contributed by atoms with Crippen molar-refractivity contribution in [2.75, 3.05) is 0 Å². The summed E-state index contributed by atoms with van der Waals surface area (Å²) in [5.41, 5.74) is 0.460. The number of nitrogens with zero attached hydrogens (tertiary/aromatic N) is 2. The third-order valence-corrected chi connectivity index (χ3v) is 7.74. The van der Waals surface area contributed by atoms with Gasteiger partial charge in [0.25, 0.3) is 0 Å². The molecule has 2 heterocycles. The summed E-state index contributed by atoms with van der Waals surface area (Å²) >= 11 is 0. The van der Waals surface area contributed by atoms with Crippen LogP contribution in [-0.4, -0.2) is 32.2 Å². The van der Waals surface area contributed by atoms with E-state index in [9.17, 15) is 0 Å². The van der Waals surface area contributed by atoms with Gasteiger partial charge in [-0.2, -0.15) is 0 Å². The number of piperidine rings is 2. The first-order valence-corrected chi connectivity index (χ1v) is 11.8. The van der Waals surface area contributed by atoms with Crippen molar-refractivity contribution in [3.63, 3.8) is 0 Å². The molecule has 2 saturated heterocycles. The summed E-state index contributed by atoms with van der Waals surface area (Å²) in [6.07, 6.45) is 13.2. The predicted octanol–water partition coefficient (Wildman–Crippen LogP) is 5.61. The van der Waals surface area contributed by atoms with Crippen LogP contribution in [0.3, 0.4) is 0 Å². The van der Waals surface area contributed by atoms with Crippen LogP contribution < -0.4 is 11.7 Å². The van der Waals surface area contributed by atoms with Crippen LogP contribution in [0, 0.1) is 11.8 Å². The van der Waals surface area contributed by atoms with Crippen LogP contribution in [0.2, 0.25) is 0 Å². The number of hydrogen-bond donors (Lipinski definition) is 2. The standard InChI is InChI=1S/C24H50N4/c1-21(2)15-19(16-22(3,4)27(21)25)13-11-9-10-12-14-20-17-23(5,6)28(26)24(7,8)18-20/h19-20H,9-18,25-26H2,1-8H3. The number of nitrogens with two attached hydrogens (primary N) is 2. The van der Waals surface area contributed by atoms with E-state index in [0.29, 0.717) is 0 Å². The van der Waals surface area contributed by atoms with Crippen LogP contribution in [0.25, 0.3) is 0 Å². The van der Waals surface area contributed by atoms with Crippen molar-refractivity contribution >= 4 is 0 Å². The molecule has 166 valence electrons. The molecule has 4 nitrogen and oxygen atoms in total. The van der Waals surface area contributed by atoms with Crippen molar-refractivity contribution in [2.45, 2.75) is 142 Å². The summed E-state index contributed by atoms with van der Waals surface area (Å²) in [6.45, 7) is 18.4. The molecule has 0 aliphatic carbocycles. The minimum Gasteiger partial charge on any atom is -0.268 e. The summed E-state index contributed by atoms with van der Waals surface area (Å²) in [4.78, 5) is 0. The van der Waals surface area contributed by atoms with Gasteiger partial charge in [0.1, 0.15) is 0 Å². The van der Waals surface area contributed by atoms with Crippen LogP contribution in [0.1, 0.15) is 120 Å². The first-order valence-electron chi connectivity index (χ1n) is 11.8. The van der Waals surface area contributed by atoms with Gasteiger partial charge in [-0.3, -0.25) is 11.7 Å². The van der Waals surface area contributed by atoms with E-state index in [1.165, 1.54) is 64.2 Å². The Morgan fingerprint density at radius 1 is 0.536 bits per heavy atom. The molecular formula is C24H50N4. The molecule has 4 N–H and O–H groups in total. The van der Waals surface area contributed by atoms with Gasteiger partial charge in [0.05, 0.1) is 0 Å². The second kappa shape index (κ2) is 8.53. The Kier molecular flexibility index (Phi) is 7.34. The van der Waals surface area contributed by atoms with Gasteiger partial charge in [-0.25, -0.2) is 10.0 Å². The van der Waals surface area contributed by atoms with Crippen LogP contribution in [0.4, 0.5) is 0 Å². The highest BCUT2D eigenvalue weighted by molar-refractivity contribution is 4.98. The van der Waals surface area contributed by atoms with Crippen LogP contribution in [0.15, 0.2) is 0 Å². The average Bonchev–Trinajstić information content (AvgIpc) is 2.52. The van der Waals surface area contributed by atoms with Gasteiger partial charge in [0, 0.05) is 22.2 Å². The Bertz CT molecular complexity index is 427. The van der Waals surface area contributed by atoms with Gasteiger partial charge in [-0.05, 0) is 92.9 Å². The monoisotopic (exact) mass is 394 g/mol. The smallest absolute Gasteiger partial charge is 0.0304 e. The topological polar surface area (TPSA) is 58.5 Å². The van der Waals surface area contributed by atoms with Gasteiger partial charge in [-0.15, -0.1) is 0 Å². The number of hydrazine groups is 2. The molecule has 0 saturated carbocycles. The highest BCUT2D eigenvalue weighted by Crippen LogP contribution is 2.42. The highest BCUT2D eigenvalue weighted by Gasteiger charge is 2.44. The van der Waals surface area contributed by atoms with Crippen LogP contribution in [-0.2, 0) is 0 Å². The van der Waals surface area contributed by atoms with Crippen molar-refractivity contribution in [2.24, 2.45) is 23.5 Å². The molecule has 0 spiro atoms. The first kappa shape index (κ1) is 24.1. The third kappa shape index (κ3) is 5.71. The Hall–Kier alpha value is -0.160. The molecule has 0 atom stereocenters. The fourth-order valence-electron chi connectivity index (χ4n) is 6.63. The number of hydrogen-bond acceptors (Lipinski definition) is 4. The van der Waals surface area contributed by atoms with Crippen molar-refractivity contribution in [3.8, 4) is 0 Å². The zero-order chi connectivity index (χ0) is 21.4. The molecule has 2 rings (SSSR count). The normalized spacial score (nSPS) is 28.5. The van der Waals surface area contributed by atoms with Gasteiger partial charge in [0.15, 0.2) is 0 Å². The molecule has 0 aromatic carbocycles. The molecule has 0 radical (unpaired) electrons. The summed E-state index contributed by atoms with van der Waals surface area (Å²) in [6, 6.07) is 0. The minimum atomic E-state index is 0.115. The predicted molar refractivity (Wildman–Crippen MR) is 122 cm³/mol. The van der Waals surface area contributed by atoms with E-state index in [2.05, 4.69) is 65.4 Å². The molecule has 2 aliphatic heterocycles. The molecule has 0 bridgehead atoms. The van der Waals surface area contributed by atoms with Crippen molar-refractivity contribution in [1.82, 2.24) is 10.0 Å². The van der Waals surface area contributed by atoms with E-state index in [0.717, 1.165) is 11.8 Å². The Labute approximate surface area is 175 Å². The van der Waals surface area contributed by atoms with Crippen molar-refractivity contribution < 1.29 is 0 Å². The molecule has 2 aliphatic rings. The maximum Gasteiger partial charge on any atom is 0.0304 e. The maximum absolute atomic E-state index is 6.39. The summed E-state index contributed by atoms with van der Waals surface area (Å²) < 4.78 is 0. The molecule has 0 unspecified atom stereocenters. The number of rotatable bonds is 7. The Morgan fingerprint density at radius 2 is 0.786 bits per heavy atom. The SMILES string of the molecule is CC1(C)CC(CCCCCCC2CC(C)(C)N(N)C(C)(C)C2)CC(C)(C)N1N. The lowest BCUT2D eigenvalue weighted by molar-refractivity contribution is -0.0555. The minimum absolute atomic E-state index is 0.115. The second-order valence-electron chi connectivity index (χ2n) is 12.5. The fourth-order valence-corrected chi connectivity index (χ4v) is 6.63. The lowest BCUT2D eigenvalue weighted by Gasteiger charge is -2.53. The maximum atomic E-state index is 6.39. The first-order chi connectivity index (χ1) is 12.7. The zero-order valence-electron chi connectivity index (χ0n) is 20.3. The highest BCUT2D eigenvalue weighted by atomic mass is 15.5. The van der Waals surface area contributed by atoms with Crippen LogP contribution >= 0.6 is 0 Å². The van der Waals surface area contributed by atoms with Gasteiger partial charge in [0.2, 0.25) is 0 Å². The van der Waals surface area contributed by atoms with Gasteiger partial charge >= 0.3 is 0 Å². The third-order valence-electron chi connectivity index (χ3n) is 7.74. The zero-order valence-corrected chi connectivity index (χ0v) is 20.3. The Morgan fingerprint density at radius 3 is 1.04 bits per heavy atom.